The van der Waals surface area contributed by atoms with E-state index in [0.29, 0.717) is 13.1 Å². The molecule has 1 amide bonds. The first-order chi connectivity index (χ1) is 8.58. The maximum atomic E-state index is 11.9. The summed E-state index contributed by atoms with van der Waals surface area (Å²) in [6.07, 6.45) is 4.08. The van der Waals surface area contributed by atoms with E-state index in [2.05, 4.69) is 4.98 Å². The van der Waals surface area contributed by atoms with Crippen molar-refractivity contribution in [2.24, 2.45) is 5.73 Å². The van der Waals surface area contributed by atoms with Gasteiger partial charge in [-0.05, 0) is 23.6 Å². The van der Waals surface area contributed by atoms with Gasteiger partial charge in [-0.2, -0.15) is 0 Å². The zero-order valence-electron chi connectivity index (χ0n) is 9.87. The Kier molecular flexibility index (Phi) is 3.57. The number of nitrogens with two attached hydrogens (primary N) is 1. The number of hydrogen-bond donors (Lipinski definition) is 2. The first-order valence-electron chi connectivity index (χ1n) is 5.76. The molecule has 0 bridgehead atoms. The number of aliphatic carboxylic acids is 1. The molecular weight excluding hydrogens is 234 g/mol. The van der Waals surface area contributed by atoms with Gasteiger partial charge in [0.05, 0.1) is 6.42 Å². The lowest BCUT2D eigenvalue weighted by Crippen LogP contribution is -2.41. The van der Waals surface area contributed by atoms with Crippen LogP contribution in [0.1, 0.15) is 17.5 Å². The van der Waals surface area contributed by atoms with Gasteiger partial charge in [-0.15, -0.1) is 0 Å². The molecular formula is C12H15N3O3. The molecule has 1 aromatic heterocycles. The van der Waals surface area contributed by atoms with Crippen molar-refractivity contribution in [3.63, 3.8) is 0 Å². The molecule has 6 heteroatoms. The zero-order chi connectivity index (χ0) is 13.1. The highest BCUT2D eigenvalue weighted by Crippen LogP contribution is 2.18. The first kappa shape index (κ1) is 12.5. The normalized spacial score (nSPS) is 15.9. The molecule has 6 nitrogen and oxygen atoms in total. The molecule has 2 rings (SSSR count). The van der Waals surface area contributed by atoms with Crippen molar-refractivity contribution in [1.29, 1.82) is 0 Å². The van der Waals surface area contributed by atoms with E-state index in [1.165, 1.54) is 5.56 Å². The van der Waals surface area contributed by atoms with E-state index in [9.17, 15) is 9.59 Å². The Morgan fingerprint density at radius 1 is 1.50 bits per heavy atom. The van der Waals surface area contributed by atoms with Crippen LogP contribution in [-0.4, -0.2) is 39.5 Å². The molecule has 0 unspecified atom stereocenters. The molecule has 0 saturated heterocycles. The third-order valence-corrected chi connectivity index (χ3v) is 3.08. The van der Waals surface area contributed by atoms with Crippen LogP contribution in [0.5, 0.6) is 0 Å². The summed E-state index contributed by atoms with van der Waals surface area (Å²) in [5.41, 5.74) is 7.57. The third kappa shape index (κ3) is 2.65. The van der Waals surface area contributed by atoms with Crippen LogP contribution in [0.3, 0.4) is 0 Å². The summed E-state index contributed by atoms with van der Waals surface area (Å²) in [7, 11) is 0. The number of rotatable bonds is 3. The predicted molar refractivity (Wildman–Crippen MR) is 63.6 cm³/mol. The molecule has 0 radical (unpaired) electrons. The molecule has 0 aliphatic carbocycles. The van der Waals surface area contributed by atoms with Crippen LogP contribution in [0.4, 0.5) is 0 Å². The molecule has 0 fully saturated rings. The lowest BCUT2D eigenvalue weighted by molar-refractivity contribution is -0.142. The SMILES string of the molecule is N[C@@H](CC(=O)N1CCc2ccncc2C1)C(=O)O. The van der Waals surface area contributed by atoms with E-state index >= 15 is 0 Å². The van der Waals surface area contributed by atoms with E-state index in [1.807, 2.05) is 6.07 Å². The molecule has 18 heavy (non-hydrogen) atoms. The van der Waals surface area contributed by atoms with Gasteiger partial charge in [0.15, 0.2) is 0 Å². The van der Waals surface area contributed by atoms with Crippen LogP contribution >= 0.6 is 0 Å². The molecule has 0 aromatic carbocycles. The van der Waals surface area contributed by atoms with Gasteiger partial charge in [-0.3, -0.25) is 14.6 Å². The number of hydrogen-bond acceptors (Lipinski definition) is 4. The van der Waals surface area contributed by atoms with Crippen molar-refractivity contribution >= 4 is 11.9 Å². The minimum atomic E-state index is -1.15. The van der Waals surface area contributed by atoms with Crippen molar-refractivity contribution in [2.75, 3.05) is 6.54 Å². The van der Waals surface area contributed by atoms with Crippen LogP contribution in [0.2, 0.25) is 0 Å². The minimum absolute atomic E-state index is 0.162. The van der Waals surface area contributed by atoms with Crippen LogP contribution in [-0.2, 0) is 22.6 Å². The van der Waals surface area contributed by atoms with Gasteiger partial charge in [0, 0.05) is 25.5 Å². The molecule has 1 aliphatic heterocycles. The standard InChI is InChI=1S/C12H15N3O3/c13-10(12(17)18)5-11(16)15-4-2-8-1-3-14-6-9(8)7-15/h1,3,6,10H,2,4-5,7,13H2,(H,17,18)/t10-/m0/s1. The average molecular weight is 249 g/mol. The number of amides is 1. The van der Waals surface area contributed by atoms with Gasteiger partial charge >= 0.3 is 5.97 Å². The fraction of sp³-hybridized carbons (Fsp3) is 0.417. The van der Waals surface area contributed by atoms with Crippen molar-refractivity contribution in [1.82, 2.24) is 9.88 Å². The second-order valence-electron chi connectivity index (χ2n) is 4.36. The molecule has 0 spiro atoms. The summed E-state index contributed by atoms with van der Waals surface area (Å²) in [6.45, 7) is 1.08. The fourth-order valence-corrected chi connectivity index (χ4v) is 2.00. The summed E-state index contributed by atoms with van der Waals surface area (Å²) >= 11 is 0. The van der Waals surface area contributed by atoms with E-state index in [1.54, 1.807) is 17.3 Å². The van der Waals surface area contributed by atoms with E-state index < -0.39 is 12.0 Å². The topological polar surface area (TPSA) is 96.5 Å². The maximum absolute atomic E-state index is 11.9. The largest absolute Gasteiger partial charge is 0.480 e. The van der Waals surface area contributed by atoms with Crippen LogP contribution < -0.4 is 5.73 Å². The molecule has 1 aliphatic rings. The average Bonchev–Trinajstić information content (AvgIpc) is 2.37. The summed E-state index contributed by atoms with van der Waals surface area (Å²) in [5.74, 6) is -1.37. The summed E-state index contributed by atoms with van der Waals surface area (Å²) in [6, 6.07) is 0.813. The molecule has 96 valence electrons. The minimum Gasteiger partial charge on any atom is -0.480 e. The van der Waals surface area contributed by atoms with Gasteiger partial charge in [0.2, 0.25) is 5.91 Å². The molecule has 1 aromatic rings. The monoisotopic (exact) mass is 249 g/mol. The fourth-order valence-electron chi connectivity index (χ4n) is 2.00. The van der Waals surface area contributed by atoms with Gasteiger partial charge in [-0.25, -0.2) is 0 Å². The Morgan fingerprint density at radius 3 is 3.00 bits per heavy atom. The van der Waals surface area contributed by atoms with Crippen molar-refractivity contribution in [2.45, 2.75) is 25.4 Å². The number of carbonyl (C=O) groups is 2. The number of pyridine rings is 1. The molecule has 0 saturated carbocycles. The van der Waals surface area contributed by atoms with E-state index in [-0.39, 0.29) is 12.3 Å². The third-order valence-electron chi connectivity index (χ3n) is 3.08. The van der Waals surface area contributed by atoms with Gasteiger partial charge in [-0.1, -0.05) is 0 Å². The number of nitrogens with zero attached hydrogens (tertiary/aromatic N) is 2. The molecule has 3 N–H and O–H groups in total. The first-order valence-corrected chi connectivity index (χ1v) is 5.76. The maximum Gasteiger partial charge on any atom is 0.321 e. The highest BCUT2D eigenvalue weighted by molar-refractivity contribution is 5.84. The summed E-state index contributed by atoms with van der Waals surface area (Å²) < 4.78 is 0. The Labute approximate surface area is 104 Å². The summed E-state index contributed by atoms with van der Waals surface area (Å²) in [5, 5.41) is 8.68. The van der Waals surface area contributed by atoms with Crippen molar-refractivity contribution in [3.05, 3.63) is 29.6 Å². The summed E-state index contributed by atoms with van der Waals surface area (Å²) in [4.78, 5) is 28.2. The Bertz CT molecular complexity index is 475. The predicted octanol–water partition coefficient (Wildman–Crippen LogP) is -0.232. The second-order valence-corrected chi connectivity index (χ2v) is 4.36. The molecule has 2 heterocycles. The Morgan fingerprint density at radius 2 is 2.28 bits per heavy atom. The highest BCUT2D eigenvalue weighted by atomic mass is 16.4. The number of carboxylic acids is 1. The number of aromatic nitrogens is 1. The Hall–Kier alpha value is -1.95. The van der Waals surface area contributed by atoms with Gasteiger partial charge in [0.25, 0.3) is 0 Å². The van der Waals surface area contributed by atoms with E-state index in [0.717, 1.165) is 12.0 Å². The smallest absolute Gasteiger partial charge is 0.321 e. The number of carbonyl (C=O) groups excluding carboxylic acids is 1. The molecule has 1 atom stereocenters. The lowest BCUT2D eigenvalue weighted by Gasteiger charge is -2.29. The highest BCUT2D eigenvalue weighted by Gasteiger charge is 2.24. The van der Waals surface area contributed by atoms with Gasteiger partial charge in [0.1, 0.15) is 6.04 Å². The lowest BCUT2D eigenvalue weighted by atomic mass is 10.0. The van der Waals surface area contributed by atoms with Crippen LogP contribution in [0, 0.1) is 0 Å². The van der Waals surface area contributed by atoms with Crippen LogP contribution in [0.25, 0.3) is 0 Å². The van der Waals surface area contributed by atoms with Crippen LogP contribution in [0.15, 0.2) is 18.5 Å². The van der Waals surface area contributed by atoms with Crippen molar-refractivity contribution in [3.8, 4) is 0 Å². The number of fused-ring (bicyclic) bond motifs is 1. The van der Waals surface area contributed by atoms with Gasteiger partial charge < -0.3 is 15.7 Å². The van der Waals surface area contributed by atoms with E-state index in [4.69, 9.17) is 10.8 Å². The Balaban J connectivity index is 2.00. The number of carboxylic acid groups (broad SMARTS) is 1. The van der Waals surface area contributed by atoms with Crippen molar-refractivity contribution < 1.29 is 14.7 Å². The zero-order valence-corrected chi connectivity index (χ0v) is 9.87. The second kappa shape index (κ2) is 5.14. The quantitative estimate of drug-likeness (QED) is 0.771.